The Bertz CT molecular complexity index is 1010. The van der Waals surface area contributed by atoms with Crippen LogP contribution in [0.25, 0.3) is 0 Å². The van der Waals surface area contributed by atoms with Gasteiger partial charge in [-0.15, -0.1) is 0 Å². The number of amides is 1. The van der Waals surface area contributed by atoms with Crippen molar-refractivity contribution in [2.24, 2.45) is 0 Å². The molecule has 162 valence electrons. The van der Waals surface area contributed by atoms with Gasteiger partial charge in [-0.2, -0.15) is 4.72 Å². The fraction of sp³-hybridized carbons (Fsp3) is 0.364. The fourth-order valence-electron chi connectivity index (χ4n) is 2.81. The average Bonchev–Trinajstić information content (AvgIpc) is 2.68. The lowest BCUT2D eigenvalue weighted by Crippen LogP contribution is -2.36. The first-order valence-electron chi connectivity index (χ1n) is 9.67. The van der Waals surface area contributed by atoms with E-state index in [1.54, 1.807) is 12.1 Å². The van der Waals surface area contributed by atoms with E-state index in [0.717, 1.165) is 16.7 Å². The molecule has 1 atom stereocenters. The molecule has 0 bridgehead atoms. The molecule has 30 heavy (non-hydrogen) atoms. The van der Waals surface area contributed by atoms with Crippen molar-refractivity contribution < 1.29 is 22.7 Å². The number of hydrogen-bond acceptors (Lipinski definition) is 5. The summed E-state index contributed by atoms with van der Waals surface area (Å²) in [4.78, 5) is 24.6. The standard InChI is InChI=1S/C22H28N2O5S/c1-14(2)19-8-6-7-16(4)21(19)24-22(26)17(5)29-20(25)13-23-30(27,28)18-11-9-15(3)10-12-18/h6-12,14,17,23H,13H2,1-5H3,(H,24,26). The molecule has 7 nitrogen and oxygen atoms in total. The summed E-state index contributed by atoms with van der Waals surface area (Å²) in [5.74, 6) is -1.13. The molecule has 0 spiro atoms. The number of hydrogen-bond donors (Lipinski definition) is 2. The number of sulfonamides is 1. The number of benzene rings is 2. The van der Waals surface area contributed by atoms with Crippen LogP contribution >= 0.6 is 0 Å². The lowest BCUT2D eigenvalue weighted by Gasteiger charge is -2.19. The van der Waals surface area contributed by atoms with Crippen LogP contribution in [0.5, 0.6) is 0 Å². The molecule has 1 unspecified atom stereocenters. The second kappa shape index (κ2) is 9.86. The number of carbonyl (C=O) groups excluding carboxylic acids is 2. The van der Waals surface area contributed by atoms with Gasteiger partial charge in [0.05, 0.1) is 4.90 Å². The molecule has 0 aromatic heterocycles. The van der Waals surface area contributed by atoms with Crippen LogP contribution in [-0.2, 0) is 24.3 Å². The van der Waals surface area contributed by atoms with E-state index in [-0.39, 0.29) is 10.8 Å². The molecule has 1 amide bonds. The van der Waals surface area contributed by atoms with E-state index in [0.29, 0.717) is 5.69 Å². The minimum absolute atomic E-state index is 0.0486. The number of aryl methyl sites for hydroxylation is 2. The van der Waals surface area contributed by atoms with Crippen LogP contribution in [0.3, 0.4) is 0 Å². The van der Waals surface area contributed by atoms with Gasteiger partial charge in [-0.05, 0) is 49.9 Å². The third-order valence-electron chi connectivity index (χ3n) is 4.59. The van der Waals surface area contributed by atoms with Crippen LogP contribution in [0.4, 0.5) is 5.69 Å². The van der Waals surface area contributed by atoms with Gasteiger partial charge in [-0.25, -0.2) is 8.42 Å². The van der Waals surface area contributed by atoms with E-state index < -0.39 is 34.5 Å². The Balaban J connectivity index is 1.96. The molecule has 2 N–H and O–H groups in total. The van der Waals surface area contributed by atoms with Gasteiger partial charge in [0.15, 0.2) is 6.10 Å². The molecule has 0 aliphatic rings. The van der Waals surface area contributed by atoms with Crippen molar-refractivity contribution >= 4 is 27.6 Å². The summed E-state index contributed by atoms with van der Waals surface area (Å²) in [7, 11) is -3.85. The first-order valence-corrected chi connectivity index (χ1v) is 11.2. The van der Waals surface area contributed by atoms with E-state index in [1.165, 1.54) is 19.1 Å². The molecule has 0 aliphatic heterocycles. The van der Waals surface area contributed by atoms with E-state index in [2.05, 4.69) is 10.0 Å². The Labute approximate surface area is 177 Å². The summed E-state index contributed by atoms with van der Waals surface area (Å²) in [6.45, 7) is 8.64. The van der Waals surface area contributed by atoms with Crippen molar-refractivity contribution in [3.63, 3.8) is 0 Å². The zero-order chi connectivity index (χ0) is 22.5. The molecule has 0 saturated heterocycles. The van der Waals surface area contributed by atoms with Gasteiger partial charge in [-0.3, -0.25) is 9.59 Å². The second-order valence-electron chi connectivity index (χ2n) is 7.45. The summed E-state index contributed by atoms with van der Waals surface area (Å²) in [6, 6.07) is 12.0. The molecule has 0 saturated carbocycles. The monoisotopic (exact) mass is 432 g/mol. The minimum Gasteiger partial charge on any atom is -0.452 e. The van der Waals surface area contributed by atoms with Crippen LogP contribution in [0, 0.1) is 13.8 Å². The van der Waals surface area contributed by atoms with Gasteiger partial charge in [0.1, 0.15) is 6.54 Å². The van der Waals surface area contributed by atoms with Gasteiger partial charge in [0.25, 0.3) is 5.91 Å². The highest BCUT2D eigenvalue weighted by atomic mass is 32.2. The number of rotatable bonds is 8. The summed E-state index contributed by atoms with van der Waals surface area (Å²) in [6.07, 6.45) is -1.08. The predicted octanol–water partition coefficient (Wildman–Crippen LogP) is 3.28. The Kier molecular flexibility index (Phi) is 7.75. The third-order valence-corrected chi connectivity index (χ3v) is 6.01. The van der Waals surface area contributed by atoms with Crippen molar-refractivity contribution in [2.45, 2.75) is 51.5 Å². The van der Waals surface area contributed by atoms with Crippen LogP contribution in [0.1, 0.15) is 43.4 Å². The van der Waals surface area contributed by atoms with Crippen molar-refractivity contribution in [3.05, 3.63) is 59.2 Å². The number of nitrogens with one attached hydrogen (secondary N) is 2. The molecule has 2 aromatic carbocycles. The summed E-state index contributed by atoms with van der Waals surface area (Å²) in [5, 5.41) is 2.81. The molecular formula is C22H28N2O5S. The molecule has 0 aliphatic carbocycles. The van der Waals surface area contributed by atoms with Crippen LogP contribution in [0.2, 0.25) is 0 Å². The molecule has 0 radical (unpaired) electrons. The van der Waals surface area contributed by atoms with Crippen molar-refractivity contribution in [1.29, 1.82) is 0 Å². The van der Waals surface area contributed by atoms with E-state index in [1.807, 2.05) is 45.9 Å². The maximum Gasteiger partial charge on any atom is 0.321 e. The normalized spacial score (nSPS) is 12.5. The Hall–Kier alpha value is -2.71. The Morgan fingerprint density at radius 2 is 1.63 bits per heavy atom. The number of ether oxygens (including phenoxy) is 1. The van der Waals surface area contributed by atoms with E-state index in [9.17, 15) is 18.0 Å². The van der Waals surface area contributed by atoms with Crippen molar-refractivity contribution in [3.8, 4) is 0 Å². The van der Waals surface area contributed by atoms with Crippen LogP contribution in [0.15, 0.2) is 47.4 Å². The van der Waals surface area contributed by atoms with Gasteiger partial charge in [0, 0.05) is 5.69 Å². The molecule has 8 heteroatoms. The zero-order valence-electron chi connectivity index (χ0n) is 17.9. The van der Waals surface area contributed by atoms with E-state index in [4.69, 9.17) is 4.74 Å². The maximum absolute atomic E-state index is 12.5. The largest absolute Gasteiger partial charge is 0.452 e. The predicted molar refractivity (Wildman–Crippen MR) is 116 cm³/mol. The molecular weight excluding hydrogens is 404 g/mol. The maximum atomic E-state index is 12.5. The lowest BCUT2D eigenvalue weighted by molar-refractivity contribution is -0.151. The third kappa shape index (κ3) is 6.14. The fourth-order valence-corrected chi connectivity index (χ4v) is 3.78. The number of esters is 1. The summed E-state index contributed by atoms with van der Waals surface area (Å²) < 4.78 is 31.8. The smallest absolute Gasteiger partial charge is 0.321 e. The van der Waals surface area contributed by atoms with Gasteiger partial charge < -0.3 is 10.1 Å². The first kappa shape index (κ1) is 23.6. The number of carbonyl (C=O) groups is 2. The molecule has 2 rings (SSSR count). The molecule has 0 heterocycles. The van der Waals surface area contributed by atoms with Crippen molar-refractivity contribution in [2.75, 3.05) is 11.9 Å². The highest BCUT2D eigenvalue weighted by Crippen LogP contribution is 2.27. The Morgan fingerprint density at radius 3 is 2.23 bits per heavy atom. The number of anilines is 1. The molecule has 2 aromatic rings. The second-order valence-corrected chi connectivity index (χ2v) is 9.22. The average molecular weight is 433 g/mol. The summed E-state index contributed by atoms with van der Waals surface area (Å²) in [5.41, 5.74) is 3.50. The highest BCUT2D eigenvalue weighted by Gasteiger charge is 2.22. The summed E-state index contributed by atoms with van der Waals surface area (Å²) >= 11 is 0. The van der Waals surface area contributed by atoms with Crippen LogP contribution < -0.4 is 10.0 Å². The van der Waals surface area contributed by atoms with Gasteiger partial charge in [-0.1, -0.05) is 49.7 Å². The SMILES string of the molecule is Cc1ccc(S(=O)(=O)NCC(=O)OC(C)C(=O)Nc2c(C)cccc2C(C)C)cc1. The van der Waals surface area contributed by atoms with Crippen molar-refractivity contribution in [1.82, 2.24) is 4.72 Å². The Morgan fingerprint density at radius 1 is 1.00 bits per heavy atom. The highest BCUT2D eigenvalue weighted by molar-refractivity contribution is 7.89. The van der Waals surface area contributed by atoms with E-state index >= 15 is 0 Å². The zero-order valence-corrected chi connectivity index (χ0v) is 18.7. The lowest BCUT2D eigenvalue weighted by atomic mass is 9.98. The molecule has 0 fully saturated rings. The first-order chi connectivity index (χ1) is 14.0. The minimum atomic E-state index is -3.85. The number of para-hydroxylation sites is 1. The van der Waals surface area contributed by atoms with Gasteiger partial charge in [0.2, 0.25) is 10.0 Å². The van der Waals surface area contributed by atoms with Gasteiger partial charge >= 0.3 is 5.97 Å². The topological polar surface area (TPSA) is 102 Å². The van der Waals surface area contributed by atoms with Crippen LogP contribution in [-0.4, -0.2) is 32.9 Å². The quantitative estimate of drug-likeness (QED) is 0.624.